The monoisotopic (exact) mass is 476 g/mol. The Morgan fingerprint density at radius 2 is 1.12 bits per heavy atom. The summed E-state index contributed by atoms with van der Waals surface area (Å²) in [6, 6.07) is 6.75. The summed E-state index contributed by atoms with van der Waals surface area (Å²) in [6.07, 6.45) is 4.50. The number of hydrogen-bond acceptors (Lipinski definition) is 8. The third-order valence-corrected chi connectivity index (χ3v) is 5.62. The van der Waals surface area contributed by atoms with Crippen LogP contribution in [0.1, 0.15) is 11.1 Å². The van der Waals surface area contributed by atoms with Crippen molar-refractivity contribution in [2.75, 3.05) is 48.4 Å². The Balaban J connectivity index is 2.17. The van der Waals surface area contributed by atoms with Gasteiger partial charge in [-0.1, -0.05) is 0 Å². The minimum Gasteiger partial charge on any atom is -0.612 e. The lowest BCUT2D eigenvalue weighted by Gasteiger charge is -2.13. The molecule has 0 aliphatic carbocycles. The van der Waals surface area contributed by atoms with Crippen LogP contribution in [-0.4, -0.2) is 58.7 Å². The number of methoxy groups -OCH3 is 6. The molecule has 178 valence electrons. The molecule has 0 amide bonds. The molecule has 0 spiro atoms. The maximum atomic E-state index is 12.5. The normalized spacial score (nSPS) is 12.0. The van der Waals surface area contributed by atoms with Crippen molar-refractivity contribution in [2.24, 2.45) is 0 Å². The van der Waals surface area contributed by atoms with Crippen molar-refractivity contribution in [2.45, 2.75) is 0 Å². The molecule has 33 heavy (non-hydrogen) atoms. The Morgan fingerprint density at radius 3 is 1.48 bits per heavy atom. The first-order valence-electron chi connectivity index (χ1n) is 9.77. The van der Waals surface area contributed by atoms with Crippen molar-refractivity contribution < 1.29 is 37.8 Å². The van der Waals surface area contributed by atoms with Gasteiger partial charge in [-0.3, -0.25) is 4.79 Å². The molecule has 0 heterocycles. The third kappa shape index (κ3) is 6.84. The summed E-state index contributed by atoms with van der Waals surface area (Å²) in [4.78, 5) is 12.4. The predicted molar refractivity (Wildman–Crippen MR) is 128 cm³/mol. The number of carbonyl (C=O) groups excluding carboxylic acids is 1. The summed E-state index contributed by atoms with van der Waals surface area (Å²) < 4.78 is 44.4. The second kappa shape index (κ2) is 12.7. The van der Waals surface area contributed by atoms with Crippen LogP contribution in [-0.2, 0) is 16.0 Å². The summed E-state index contributed by atoms with van der Waals surface area (Å²) in [5.41, 5.74) is 1.16. The van der Waals surface area contributed by atoms with Crippen molar-refractivity contribution in [3.63, 3.8) is 0 Å². The average Bonchev–Trinajstić information content (AvgIpc) is 2.84. The first kappa shape index (κ1) is 26.0. The van der Waals surface area contributed by atoms with E-state index in [1.54, 1.807) is 36.4 Å². The van der Waals surface area contributed by atoms with Crippen molar-refractivity contribution in [3.8, 4) is 34.5 Å². The largest absolute Gasteiger partial charge is 0.612 e. The van der Waals surface area contributed by atoms with Crippen LogP contribution < -0.4 is 28.4 Å². The number of ether oxygens (including phenoxy) is 6. The van der Waals surface area contributed by atoms with E-state index in [4.69, 9.17) is 28.4 Å². The fraction of sp³-hybridized carbons (Fsp3) is 0.292. The van der Waals surface area contributed by atoms with Crippen LogP contribution >= 0.6 is 0 Å². The minimum absolute atomic E-state index is 0.200. The highest BCUT2D eigenvalue weighted by Gasteiger charge is 2.15. The number of benzene rings is 2. The molecule has 0 bridgehead atoms. The molecular formula is C24H28O8S. The third-order valence-electron chi connectivity index (χ3n) is 4.61. The average molecular weight is 477 g/mol. The fourth-order valence-electron chi connectivity index (χ4n) is 2.95. The molecule has 0 aliphatic heterocycles. The molecule has 2 aromatic carbocycles. The SMILES string of the molecule is COc1cc(OC)c(C=C[S+]([O-])CC(=O)/C=C/c2c(OC)cc(OC)cc2OC)c(OC)c1. The first-order valence-corrected chi connectivity index (χ1v) is 11.1. The summed E-state index contributed by atoms with van der Waals surface area (Å²) in [6.45, 7) is 0. The predicted octanol–water partition coefficient (Wildman–Crippen LogP) is 3.74. The van der Waals surface area contributed by atoms with E-state index in [1.165, 1.54) is 54.1 Å². The van der Waals surface area contributed by atoms with Crippen LogP contribution in [0.4, 0.5) is 0 Å². The van der Waals surface area contributed by atoms with Crippen LogP contribution in [0.2, 0.25) is 0 Å². The van der Waals surface area contributed by atoms with Crippen molar-refractivity contribution >= 4 is 29.1 Å². The Bertz CT molecular complexity index is 966. The van der Waals surface area contributed by atoms with Crippen molar-refractivity contribution in [1.82, 2.24) is 0 Å². The zero-order valence-corrected chi connectivity index (χ0v) is 20.3. The number of rotatable bonds is 12. The Morgan fingerprint density at radius 1 is 0.727 bits per heavy atom. The lowest BCUT2D eigenvalue weighted by atomic mass is 10.1. The second-order valence-electron chi connectivity index (χ2n) is 6.52. The Hall–Kier alpha value is -3.30. The van der Waals surface area contributed by atoms with Crippen LogP contribution in [0, 0.1) is 0 Å². The smallest absolute Gasteiger partial charge is 0.205 e. The molecule has 1 atom stereocenters. The van der Waals surface area contributed by atoms with E-state index >= 15 is 0 Å². The Kier molecular flexibility index (Phi) is 9.96. The summed E-state index contributed by atoms with van der Waals surface area (Å²) in [5.74, 6) is 2.54. The van der Waals surface area contributed by atoms with Crippen molar-refractivity contribution in [1.29, 1.82) is 0 Å². The molecule has 0 fully saturated rings. The van der Waals surface area contributed by atoms with Gasteiger partial charge in [0.1, 0.15) is 39.9 Å². The van der Waals surface area contributed by atoms with Gasteiger partial charge < -0.3 is 33.0 Å². The number of carbonyl (C=O) groups is 1. The van der Waals surface area contributed by atoms with E-state index in [1.807, 2.05) is 0 Å². The van der Waals surface area contributed by atoms with Crippen LogP contribution in [0.3, 0.4) is 0 Å². The van der Waals surface area contributed by atoms with Crippen LogP contribution in [0.15, 0.2) is 35.7 Å². The van der Waals surface area contributed by atoms with E-state index in [0.717, 1.165) is 0 Å². The maximum absolute atomic E-state index is 12.5. The second-order valence-corrected chi connectivity index (χ2v) is 7.84. The topological polar surface area (TPSA) is 95.5 Å². The molecule has 0 aliphatic rings. The van der Waals surface area contributed by atoms with E-state index in [2.05, 4.69) is 0 Å². The molecule has 9 heteroatoms. The molecule has 1 unspecified atom stereocenters. The highest BCUT2D eigenvalue weighted by molar-refractivity contribution is 7.95. The van der Waals surface area contributed by atoms with Crippen LogP contribution in [0.25, 0.3) is 12.2 Å². The van der Waals surface area contributed by atoms with Gasteiger partial charge in [0, 0.05) is 30.3 Å². The Labute approximate surface area is 196 Å². The van der Waals surface area contributed by atoms with Crippen molar-refractivity contribution in [3.05, 3.63) is 46.9 Å². The highest BCUT2D eigenvalue weighted by atomic mass is 32.2. The van der Waals surface area contributed by atoms with Gasteiger partial charge in [-0.25, -0.2) is 0 Å². The maximum Gasteiger partial charge on any atom is 0.205 e. The summed E-state index contributed by atoms with van der Waals surface area (Å²) in [7, 11) is 9.11. The van der Waals surface area contributed by atoms with Gasteiger partial charge in [0.2, 0.25) is 5.78 Å². The molecule has 0 saturated carbocycles. The zero-order chi connectivity index (χ0) is 24.4. The van der Waals surface area contributed by atoms with Gasteiger partial charge >= 0.3 is 0 Å². The molecule has 0 saturated heterocycles. The number of allylic oxidation sites excluding steroid dienone is 1. The molecule has 0 N–H and O–H groups in total. The first-order chi connectivity index (χ1) is 15.9. The van der Waals surface area contributed by atoms with Gasteiger partial charge in [-0.05, 0) is 23.3 Å². The van der Waals surface area contributed by atoms with E-state index in [0.29, 0.717) is 45.6 Å². The fourth-order valence-corrected chi connectivity index (χ4v) is 3.71. The lowest BCUT2D eigenvalue weighted by molar-refractivity contribution is -0.112. The number of hydrogen-bond donors (Lipinski definition) is 0. The van der Waals surface area contributed by atoms with E-state index < -0.39 is 11.2 Å². The quantitative estimate of drug-likeness (QED) is 0.338. The van der Waals surface area contributed by atoms with E-state index in [9.17, 15) is 9.35 Å². The molecule has 0 aromatic heterocycles. The molecular weight excluding hydrogens is 448 g/mol. The highest BCUT2D eigenvalue weighted by Crippen LogP contribution is 2.36. The zero-order valence-electron chi connectivity index (χ0n) is 19.5. The molecule has 8 nitrogen and oxygen atoms in total. The molecule has 2 aromatic rings. The standard InChI is InChI=1S/C24H28O8S/c1-27-17-11-21(29-3)19(22(12-17)30-4)8-7-16(25)15-33(26)10-9-20-23(31-5)13-18(28-2)14-24(20)32-6/h7-14H,15H2,1-6H3/b8-7+,10-9?. The van der Waals surface area contributed by atoms with Gasteiger partial charge in [0.15, 0.2) is 5.75 Å². The summed E-state index contributed by atoms with van der Waals surface area (Å²) >= 11 is -1.56. The van der Waals surface area contributed by atoms with Gasteiger partial charge in [0.05, 0.1) is 53.8 Å². The van der Waals surface area contributed by atoms with Crippen LogP contribution in [0.5, 0.6) is 34.5 Å². The van der Waals surface area contributed by atoms with Gasteiger partial charge in [0.25, 0.3) is 0 Å². The summed E-state index contributed by atoms with van der Waals surface area (Å²) in [5, 5.41) is 1.42. The van der Waals surface area contributed by atoms with E-state index in [-0.39, 0.29) is 11.5 Å². The lowest BCUT2D eigenvalue weighted by Crippen LogP contribution is -2.11. The number of ketones is 1. The molecule has 2 rings (SSSR count). The van der Waals surface area contributed by atoms with Gasteiger partial charge in [-0.2, -0.15) is 0 Å². The minimum atomic E-state index is -1.56. The molecule has 0 radical (unpaired) electrons. The van der Waals surface area contributed by atoms with Gasteiger partial charge in [-0.15, -0.1) is 0 Å².